The maximum absolute atomic E-state index is 12.3. The number of methoxy groups -OCH3 is 3. The molecule has 0 saturated carbocycles. The van der Waals surface area contributed by atoms with Crippen LogP contribution in [0, 0.1) is 0 Å². The minimum atomic E-state index is -0.285. The maximum Gasteiger partial charge on any atom is 0.244 e. The first-order chi connectivity index (χ1) is 15.6. The van der Waals surface area contributed by atoms with Gasteiger partial charge in [-0.15, -0.1) is 0 Å². The molecule has 2 heterocycles. The third-order valence-corrected chi connectivity index (χ3v) is 4.79. The molecule has 0 spiro atoms. The highest BCUT2D eigenvalue weighted by Crippen LogP contribution is 2.38. The van der Waals surface area contributed by atoms with E-state index in [-0.39, 0.29) is 12.5 Å². The fourth-order valence-corrected chi connectivity index (χ4v) is 3.22. The number of fused-ring (bicyclic) bond motifs is 1. The molecule has 0 aliphatic heterocycles. The number of hydrogen-bond acceptors (Lipinski definition) is 7. The van der Waals surface area contributed by atoms with E-state index < -0.39 is 0 Å². The van der Waals surface area contributed by atoms with E-state index in [0.717, 1.165) is 16.5 Å². The van der Waals surface area contributed by atoms with Gasteiger partial charge in [0, 0.05) is 17.5 Å². The lowest BCUT2D eigenvalue weighted by molar-refractivity contribution is -0.116. The van der Waals surface area contributed by atoms with Crippen molar-refractivity contribution in [2.24, 2.45) is 0 Å². The molecular weight excluding hydrogens is 412 g/mol. The first kappa shape index (κ1) is 21.0. The SMILES string of the molecule is COc1cc(/C=C/C(=O)NCc2cc(-c3cc4ccccc4o3)on2)cc(OC)c1OC. The number of hydrogen-bond donors (Lipinski definition) is 1. The number of carbonyl (C=O) groups is 1. The summed E-state index contributed by atoms with van der Waals surface area (Å²) in [6.45, 7) is 0.210. The molecule has 0 bridgehead atoms. The number of para-hydroxylation sites is 1. The predicted molar refractivity (Wildman–Crippen MR) is 119 cm³/mol. The zero-order valence-corrected chi connectivity index (χ0v) is 17.9. The van der Waals surface area contributed by atoms with Crippen LogP contribution in [-0.2, 0) is 11.3 Å². The van der Waals surface area contributed by atoms with Gasteiger partial charge in [0.05, 0.1) is 27.9 Å². The second-order valence-electron chi connectivity index (χ2n) is 6.84. The molecule has 0 saturated heterocycles. The minimum Gasteiger partial charge on any atom is -0.493 e. The van der Waals surface area contributed by atoms with Crippen LogP contribution in [-0.4, -0.2) is 32.4 Å². The van der Waals surface area contributed by atoms with Gasteiger partial charge in [-0.25, -0.2) is 0 Å². The number of furan rings is 1. The lowest BCUT2D eigenvalue weighted by Crippen LogP contribution is -2.20. The van der Waals surface area contributed by atoms with Crippen molar-refractivity contribution in [2.75, 3.05) is 21.3 Å². The van der Waals surface area contributed by atoms with Gasteiger partial charge in [-0.2, -0.15) is 0 Å². The molecule has 0 aliphatic rings. The molecule has 1 N–H and O–H groups in total. The van der Waals surface area contributed by atoms with E-state index >= 15 is 0 Å². The molecule has 0 radical (unpaired) electrons. The van der Waals surface area contributed by atoms with Gasteiger partial charge in [0.15, 0.2) is 17.3 Å². The van der Waals surface area contributed by atoms with E-state index in [4.69, 9.17) is 23.2 Å². The third-order valence-electron chi connectivity index (χ3n) is 4.79. The smallest absolute Gasteiger partial charge is 0.244 e. The summed E-state index contributed by atoms with van der Waals surface area (Å²) >= 11 is 0. The van der Waals surface area contributed by atoms with Gasteiger partial charge < -0.3 is 28.5 Å². The average Bonchev–Trinajstić information content (AvgIpc) is 3.47. The lowest BCUT2D eigenvalue weighted by atomic mass is 10.1. The normalized spacial score (nSPS) is 11.1. The number of nitrogens with zero attached hydrogens (tertiary/aromatic N) is 1. The molecule has 8 nitrogen and oxygen atoms in total. The van der Waals surface area contributed by atoms with Crippen molar-refractivity contribution in [3.05, 3.63) is 65.9 Å². The molecule has 4 aromatic rings. The first-order valence-electron chi connectivity index (χ1n) is 9.81. The lowest BCUT2D eigenvalue weighted by Gasteiger charge is -2.12. The highest BCUT2D eigenvalue weighted by atomic mass is 16.5. The van der Waals surface area contributed by atoms with Gasteiger partial charge in [-0.3, -0.25) is 4.79 Å². The number of nitrogens with one attached hydrogen (secondary N) is 1. The number of ether oxygens (including phenoxy) is 3. The molecule has 0 aliphatic carbocycles. The van der Waals surface area contributed by atoms with Crippen LogP contribution in [0.3, 0.4) is 0 Å². The van der Waals surface area contributed by atoms with Gasteiger partial charge >= 0.3 is 0 Å². The quantitative estimate of drug-likeness (QED) is 0.410. The molecule has 8 heteroatoms. The zero-order valence-electron chi connectivity index (χ0n) is 17.9. The summed E-state index contributed by atoms with van der Waals surface area (Å²) in [5.74, 6) is 2.30. The van der Waals surface area contributed by atoms with Gasteiger partial charge in [-0.05, 0) is 35.9 Å². The van der Waals surface area contributed by atoms with Crippen molar-refractivity contribution < 1.29 is 27.9 Å². The Bertz CT molecular complexity index is 1210. The van der Waals surface area contributed by atoms with Crippen LogP contribution in [0.4, 0.5) is 0 Å². The van der Waals surface area contributed by atoms with E-state index in [1.54, 1.807) is 24.3 Å². The third kappa shape index (κ3) is 4.44. The summed E-state index contributed by atoms with van der Waals surface area (Å²) in [5, 5.41) is 7.75. The Morgan fingerprint density at radius 1 is 1.00 bits per heavy atom. The Morgan fingerprint density at radius 3 is 2.44 bits per heavy atom. The fourth-order valence-electron chi connectivity index (χ4n) is 3.22. The molecule has 2 aromatic heterocycles. The largest absolute Gasteiger partial charge is 0.493 e. The molecule has 0 atom stereocenters. The van der Waals surface area contributed by atoms with Crippen molar-refractivity contribution in [2.45, 2.75) is 6.54 Å². The molecule has 4 rings (SSSR count). The number of benzene rings is 2. The molecule has 0 fully saturated rings. The summed E-state index contributed by atoms with van der Waals surface area (Å²) < 4.78 is 27.1. The van der Waals surface area contributed by atoms with E-state index in [1.165, 1.54) is 27.4 Å². The highest BCUT2D eigenvalue weighted by Gasteiger charge is 2.13. The van der Waals surface area contributed by atoms with Crippen molar-refractivity contribution in [1.82, 2.24) is 10.5 Å². The molecule has 0 unspecified atom stereocenters. The number of rotatable bonds is 8. The summed E-state index contributed by atoms with van der Waals surface area (Å²) in [5.41, 5.74) is 2.07. The molecule has 2 aromatic carbocycles. The van der Waals surface area contributed by atoms with Crippen molar-refractivity contribution in [1.29, 1.82) is 0 Å². The van der Waals surface area contributed by atoms with Crippen LogP contribution >= 0.6 is 0 Å². The monoisotopic (exact) mass is 434 g/mol. The topological polar surface area (TPSA) is 96.0 Å². The Balaban J connectivity index is 1.40. The van der Waals surface area contributed by atoms with Crippen LogP contribution in [0.15, 0.2) is 63.5 Å². The molecular formula is C24H22N2O6. The highest BCUT2D eigenvalue weighted by molar-refractivity contribution is 5.91. The van der Waals surface area contributed by atoms with Crippen LogP contribution in [0.5, 0.6) is 17.2 Å². The van der Waals surface area contributed by atoms with Gasteiger partial charge in [0.2, 0.25) is 17.4 Å². The zero-order chi connectivity index (χ0) is 22.5. The average molecular weight is 434 g/mol. The van der Waals surface area contributed by atoms with Crippen LogP contribution in [0.2, 0.25) is 0 Å². The number of amides is 1. The van der Waals surface area contributed by atoms with Gasteiger partial charge in [-0.1, -0.05) is 23.4 Å². The minimum absolute atomic E-state index is 0.210. The van der Waals surface area contributed by atoms with Crippen LogP contribution in [0.25, 0.3) is 28.6 Å². The van der Waals surface area contributed by atoms with Crippen LogP contribution < -0.4 is 19.5 Å². The number of carbonyl (C=O) groups excluding carboxylic acids is 1. The van der Waals surface area contributed by atoms with Gasteiger partial charge in [0.25, 0.3) is 0 Å². The second kappa shape index (κ2) is 9.30. The van der Waals surface area contributed by atoms with Crippen LogP contribution in [0.1, 0.15) is 11.3 Å². The standard InChI is InChI=1S/C24H22N2O6/c1-28-21-10-15(11-22(29-2)24(21)30-3)8-9-23(27)25-14-17-13-20(32-26-17)19-12-16-6-4-5-7-18(16)31-19/h4-13H,14H2,1-3H3,(H,25,27)/b9-8+. The van der Waals surface area contributed by atoms with E-state index in [0.29, 0.717) is 34.5 Å². The Kier molecular flexibility index (Phi) is 6.12. The predicted octanol–water partition coefficient (Wildman–Crippen LogP) is 4.44. The summed E-state index contributed by atoms with van der Waals surface area (Å²) in [6.07, 6.45) is 3.07. The summed E-state index contributed by atoms with van der Waals surface area (Å²) in [4.78, 5) is 12.3. The molecule has 32 heavy (non-hydrogen) atoms. The fraction of sp³-hybridized carbons (Fsp3) is 0.167. The van der Waals surface area contributed by atoms with Crippen molar-refractivity contribution in [3.8, 4) is 28.8 Å². The van der Waals surface area contributed by atoms with Crippen molar-refractivity contribution >= 4 is 23.0 Å². The van der Waals surface area contributed by atoms with Crippen molar-refractivity contribution in [3.63, 3.8) is 0 Å². The van der Waals surface area contributed by atoms with E-state index in [9.17, 15) is 4.79 Å². The van der Waals surface area contributed by atoms with E-state index in [2.05, 4.69) is 10.5 Å². The van der Waals surface area contributed by atoms with E-state index in [1.807, 2.05) is 30.3 Å². The summed E-state index contributed by atoms with van der Waals surface area (Å²) in [6, 6.07) is 14.8. The first-order valence-corrected chi connectivity index (χ1v) is 9.81. The maximum atomic E-state index is 12.3. The Morgan fingerprint density at radius 2 is 1.75 bits per heavy atom. The summed E-state index contributed by atoms with van der Waals surface area (Å²) in [7, 11) is 4.61. The Hall–Kier alpha value is -4.20. The Labute approximate surface area is 184 Å². The molecule has 1 amide bonds. The number of aromatic nitrogens is 1. The van der Waals surface area contributed by atoms with Gasteiger partial charge in [0.1, 0.15) is 11.3 Å². The second-order valence-corrected chi connectivity index (χ2v) is 6.84. The molecule has 164 valence electrons.